The molecule has 0 aliphatic rings. The van der Waals surface area contributed by atoms with E-state index in [1.807, 2.05) is 6.92 Å². The van der Waals surface area contributed by atoms with Gasteiger partial charge < -0.3 is 5.32 Å². The molecule has 1 heterocycles. The van der Waals surface area contributed by atoms with Gasteiger partial charge in [0.2, 0.25) is 6.41 Å². The maximum absolute atomic E-state index is 9.86. The number of nitrogens with one attached hydrogen (secondary N) is 2. The molecule has 0 spiro atoms. The summed E-state index contributed by atoms with van der Waals surface area (Å²) in [6.07, 6.45) is 2.31. The van der Waals surface area contributed by atoms with Crippen LogP contribution in [0.2, 0.25) is 0 Å². The van der Waals surface area contributed by atoms with Gasteiger partial charge in [-0.05, 0) is 6.92 Å². The van der Waals surface area contributed by atoms with Gasteiger partial charge in [-0.3, -0.25) is 9.89 Å². The van der Waals surface area contributed by atoms with E-state index >= 15 is 0 Å². The van der Waals surface area contributed by atoms with Crippen LogP contribution < -0.4 is 5.32 Å². The van der Waals surface area contributed by atoms with Crippen molar-refractivity contribution in [2.45, 2.75) is 6.92 Å². The van der Waals surface area contributed by atoms with Crippen LogP contribution in [-0.4, -0.2) is 16.6 Å². The Kier molecular flexibility index (Phi) is 1.48. The first-order chi connectivity index (χ1) is 4.34. The van der Waals surface area contributed by atoms with Gasteiger partial charge in [0.15, 0.2) is 5.82 Å². The van der Waals surface area contributed by atoms with Gasteiger partial charge in [0.25, 0.3) is 0 Å². The summed E-state index contributed by atoms with van der Waals surface area (Å²) in [6.45, 7) is 1.86. The number of anilines is 1. The highest BCUT2D eigenvalue weighted by atomic mass is 16.1. The van der Waals surface area contributed by atoms with Crippen LogP contribution in [0, 0.1) is 6.92 Å². The van der Waals surface area contributed by atoms with Crippen LogP contribution in [0.25, 0.3) is 0 Å². The highest BCUT2D eigenvalue weighted by Gasteiger charge is 1.95. The van der Waals surface area contributed by atoms with Crippen LogP contribution >= 0.6 is 0 Å². The van der Waals surface area contributed by atoms with Crippen LogP contribution in [0.1, 0.15) is 5.56 Å². The Morgan fingerprint density at radius 1 is 1.89 bits per heavy atom. The molecule has 1 amide bonds. The van der Waals surface area contributed by atoms with E-state index in [2.05, 4.69) is 15.5 Å². The number of aromatic amines is 1. The Balaban J connectivity index is 2.80. The molecule has 0 atom stereocenters. The van der Waals surface area contributed by atoms with E-state index in [0.717, 1.165) is 5.56 Å². The molecule has 0 aliphatic carbocycles. The molecule has 0 saturated heterocycles. The van der Waals surface area contributed by atoms with E-state index in [1.54, 1.807) is 6.20 Å². The predicted octanol–water partition coefficient (Wildman–Crippen LogP) is 0.286. The van der Waals surface area contributed by atoms with Crippen LogP contribution in [0.5, 0.6) is 0 Å². The summed E-state index contributed by atoms with van der Waals surface area (Å²) in [5, 5.41) is 8.78. The molecule has 48 valence electrons. The smallest absolute Gasteiger partial charge is 0.212 e. The Morgan fingerprint density at radius 2 is 2.67 bits per heavy atom. The van der Waals surface area contributed by atoms with Crippen LogP contribution in [0.3, 0.4) is 0 Å². The minimum absolute atomic E-state index is 0.588. The summed E-state index contributed by atoms with van der Waals surface area (Å²) >= 11 is 0. The number of aryl methyl sites for hydroxylation is 1. The molecular weight excluding hydrogens is 118 g/mol. The summed E-state index contributed by atoms with van der Waals surface area (Å²) < 4.78 is 0. The van der Waals surface area contributed by atoms with Crippen LogP contribution in [0.4, 0.5) is 5.82 Å². The molecule has 2 N–H and O–H groups in total. The van der Waals surface area contributed by atoms with Crippen LogP contribution in [0.15, 0.2) is 6.20 Å². The van der Waals surface area contributed by atoms with Crippen molar-refractivity contribution in [1.82, 2.24) is 10.2 Å². The molecule has 1 rings (SSSR count). The molecule has 0 fully saturated rings. The Hall–Kier alpha value is -1.32. The van der Waals surface area contributed by atoms with E-state index < -0.39 is 0 Å². The Morgan fingerprint density at radius 3 is 3.11 bits per heavy atom. The third-order valence-electron chi connectivity index (χ3n) is 1.03. The fraction of sp³-hybridized carbons (Fsp3) is 0.200. The molecule has 9 heavy (non-hydrogen) atoms. The minimum atomic E-state index is 0.588. The number of amides is 1. The monoisotopic (exact) mass is 125 g/mol. The normalized spacial score (nSPS) is 9.00. The lowest BCUT2D eigenvalue weighted by Gasteiger charge is -1.89. The SMILES string of the molecule is Cc1c[nH]nc1NC=O. The molecule has 0 radical (unpaired) electrons. The van der Waals surface area contributed by atoms with Crippen molar-refractivity contribution in [2.24, 2.45) is 0 Å². The number of hydrogen-bond donors (Lipinski definition) is 2. The Bertz CT molecular complexity index is 206. The molecule has 0 unspecified atom stereocenters. The van der Waals surface area contributed by atoms with Gasteiger partial charge in [0.1, 0.15) is 0 Å². The predicted molar refractivity (Wildman–Crippen MR) is 33.0 cm³/mol. The number of hydrogen-bond acceptors (Lipinski definition) is 2. The summed E-state index contributed by atoms with van der Waals surface area (Å²) in [5.74, 6) is 0.588. The van der Waals surface area contributed by atoms with Gasteiger partial charge in [-0.25, -0.2) is 0 Å². The Labute approximate surface area is 52.3 Å². The van der Waals surface area contributed by atoms with Crippen molar-refractivity contribution in [3.8, 4) is 0 Å². The molecule has 4 heteroatoms. The zero-order chi connectivity index (χ0) is 6.69. The van der Waals surface area contributed by atoms with Crippen molar-refractivity contribution < 1.29 is 4.79 Å². The fourth-order valence-electron chi connectivity index (χ4n) is 0.552. The molecule has 0 aliphatic heterocycles. The highest BCUT2D eigenvalue weighted by molar-refractivity contribution is 5.70. The third-order valence-corrected chi connectivity index (χ3v) is 1.03. The lowest BCUT2D eigenvalue weighted by molar-refractivity contribution is -0.105. The summed E-state index contributed by atoms with van der Waals surface area (Å²) in [5.41, 5.74) is 0.933. The van der Waals surface area contributed by atoms with Gasteiger partial charge in [0.05, 0.1) is 0 Å². The summed E-state index contributed by atoms with van der Waals surface area (Å²) in [6, 6.07) is 0. The van der Waals surface area contributed by atoms with E-state index in [0.29, 0.717) is 12.2 Å². The third kappa shape index (κ3) is 1.07. The number of carbonyl (C=O) groups is 1. The van der Waals surface area contributed by atoms with Crippen molar-refractivity contribution in [2.75, 3.05) is 5.32 Å². The van der Waals surface area contributed by atoms with E-state index in [9.17, 15) is 4.79 Å². The number of carbonyl (C=O) groups excluding carboxylic acids is 1. The lowest BCUT2D eigenvalue weighted by atomic mass is 10.4. The number of rotatable bonds is 2. The van der Waals surface area contributed by atoms with E-state index in [4.69, 9.17) is 0 Å². The average molecular weight is 125 g/mol. The molecule has 1 aromatic rings. The second-order valence-corrected chi connectivity index (χ2v) is 1.68. The summed E-state index contributed by atoms with van der Waals surface area (Å²) in [7, 11) is 0. The average Bonchev–Trinajstić information content (AvgIpc) is 2.18. The lowest BCUT2D eigenvalue weighted by Crippen LogP contribution is -1.94. The largest absolute Gasteiger partial charge is 0.312 e. The van der Waals surface area contributed by atoms with Gasteiger partial charge in [-0.2, -0.15) is 5.10 Å². The first-order valence-electron chi connectivity index (χ1n) is 2.55. The molecule has 4 nitrogen and oxygen atoms in total. The molecular formula is C5H7N3O. The van der Waals surface area contributed by atoms with Crippen molar-refractivity contribution in [3.63, 3.8) is 0 Å². The minimum Gasteiger partial charge on any atom is -0.312 e. The second kappa shape index (κ2) is 2.30. The topological polar surface area (TPSA) is 57.8 Å². The number of nitrogens with zero attached hydrogens (tertiary/aromatic N) is 1. The van der Waals surface area contributed by atoms with Gasteiger partial charge in [0, 0.05) is 11.8 Å². The quantitative estimate of drug-likeness (QED) is 0.558. The molecule has 0 saturated carbocycles. The zero-order valence-corrected chi connectivity index (χ0v) is 5.01. The van der Waals surface area contributed by atoms with Gasteiger partial charge >= 0.3 is 0 Å². The first kappa shape index (κ1) is 5.81. The maximum atomic E-state index is 9.86. The van der Waals surface area contributed by atoms with Crippen molar-refractivity contribution in [3.05, 3.63) is 11.8 Å². The zero-order valence-electron chi connectivity index (χ0n) is 5.01. The van der Waals surface area contributed by atoms with E-state index in [1.165, 1.54) is 0 Å². The van der Waals surface area contributed by atoms with Crippen LogP contribution in [-0.2, 0) is 4.79 Å². The number of aromatic nitrogens is 2. The first-order valence-corrected chi connectivity index (χ1v) is 2.55. The molecule has 0 aromatic carbocycles. The van der Waals surface area contributed by atoms with E-state index in [-0.39, 0.29) is 0 Å². The van der Waals surface area contributed by atoms with Crippen molar-refractivity contribution in [1.29, 1.82) is 0 Å². The van der Waals surface area contributed by atoms with Gasteiger partial charge in [-0.15, -0.1) is 0 Å². The standard InChI is InChI=1S/C5H7N3O/c1-4-2-7-8-5(4)6-3-9/h2-3H,1H3,(H2,6,7,8,9). The molecule has 0 bridgehead atoms. The number of H-pyrrole nitrogens is 1. The fourth-order valence-corrected chi connectivity index (χ4v) is 0.552. The maximum Gasteiger partial charge on any atom is 0.212 e. The van der Waals surface area contributed by atoms with Gasteiger partial charge in [-0.1, -0.05) is 0 Å². The van der Waals surface area contributed by atoms with Crippen molar-refractivity contribution >= 4 is 12.2 Å². The molecule has 1 aromatic heterocycles. The summed E-state index contributed by atoms with van der Waals surface area (Å²) in [4.78, 5) is 9.86. The second-order valence-electron chi connectivity index (χ2n) is 1.68. The highest BCUT2D eigenvalue weighted by Crippen LogP contribution is 2.05.